The van der Waals surface area contributed by atoms with Crippen molar-refractivity contribution in [3.63, 3.8) is 0 Å². The van der Waals surface area contributed by atoms with Crippen molar-refractivity contribution in [2.75, 3.05) is 0 Å². The normalized spacial score (nSPS) is 13.2. The highest BCUT2D eigenvalue weighted by molar-refractivity contribution is 5.99. The lowest BCUT2D eigenvalue weighted by Gasteiger charge is -2.16. The number of hydrogen-bond donors (Lipinski definition) is 3. The second-order valence-electron chi connectivity index (χ2n) is 3.92. The van der Waals surface area contributed by atoms with E-state index >= 15 is 0 Å². The summed E-state index contributed by atoms with van der Waals surface area (Å²) in [6.07, 6.45) is 0.468. The van der Waals surface area contributed by atoms with E-state index in [9.17, 15) is 9.18 Å². The van der Waals surface area contributed by atoms with Crippen LogP contribution in [-0.2, 0) is 0 Å². The molecule has 0 aliphatic heterocycles. The third-order valence-corrected chi connectivity index (χ3v) is 2.63. The topological polar surface area (TPSA) is 87.7 Å². The van der Waals surface area contributed by atoms with Gasteiger partial charge in [0.1, 0.15) is 5.82 Å². The van der Waals surface area contributed by atoms with Crippen LogP contribution in [0.25, 0.3) is 0 Å². The van der Waals surface area contributed by atoms with Gasteiger partial charge >= 0.3 is 0 Å². The van der Waals surface area contributed by atoms with E-state index < -0.39 is 17.8 Å². The number of oxime groups is 1. The highest BCUT2D eigenvalue weighted by Gasteiger charge is 2.17. The van der Waals surface area contributed by atoms with E-state index in [0.717, 1.165) is 6.07 Å². The summed E-state index contributed by atoms with van der Waals surface area (Å²) in [5.74, 6) is -1.02. The minimum absolute atomic E-state index is 0.0834. The monoisotopic (exact) mass is 253 g/mol. The highest BCUT2D eigenvalue weighted by atomic mass is 19.1. The van der Waals surface area contributed by atoms with Gasteiger partial charge in [0.2, 0.25) is 0 Å². The maximum atomic E-state index is 13.1. The van der Waals surface area contributed by atoms with Crippen molar-refractivity contribution >= 4 is 11.7 Å². The number of nitrogens with two attached hydrogens (primary N) is 1. The molecule has 0 aliphatic carbocycles. The molecule has 1 rings (SSSR count). The van der Waals surface area contributed by atoms with Crippen LogP contribution < -0.4 is 11.1 Å². The first kappa shape index (κ1) is 14.0. The number of benzene rings is 1. The summed E-state index contributed by atoms with van der Waals surface area (Å²) in [4.78, 5) is 11.9. The van der Waals surface area contributed by atoms with Crippen LogP contribution in [-0.4, -0.2) is 23.0 Å². The molecule has 1 unspecified atom stereocenters. The lowest BCUT2D eigenvalue weighted by Crippen LogP contribution is -2.44. The largest absolute Gasteiger partial charge is 0.409 e. The Kier molecular flexibility index (Phi) is 4.65. The molecule has 0 spiro atoms. The van der Waals surface area contributed by atoms with Crippen molar-refractivity contribution in [2.24, 2.45) is 10.9 Å². The van der Waals surface area contributed by atoms with E-state index in [1.165, 1.54) is 12.1 Å². The third kappa shape index (κ3) is 3.19. The molecule has 0 aliphatic rings. The summed E-state index contributed by atoms with van der Waals surface area (Å²) in [5, 5.41) is 14.0. The Bertz CT molecular complexity index is 474. The molecule has 1 atom stereocenters. The van der Waals surface area contributed by atoms with Crippen LogP contribution in [0.3, 0.4) is 0 Å². The molecule has 18 heavy (non-hydrogen) atoms. The highest BCUT2D eigenvalue weighted by Crippen LogP contribution is 2.10. The summed E-state index contributed by atoms with van der Waals surface area (Å²) >= 11 is 0. The van der Waals surface area contributed by atoms with Gasteiger partial charge < -0.3 is 16.3 Å². The molecule has 0 saturated carbocycles. The fourth-order valence-electron chi connectivity index (χ4n) is 1.53. The Balaban J connectivity index is 2.91. The van der Waals surface area contributed by atoms with Crippen molar-refractivity contribution < 1.29 is 14.4 Å². The minimum Gasteiger partial charge on any atom is -0.409 e. The number of hydrogen-bond acceptors (Lipinski definition) is 3. The van der Waals surface area contributed by atoms with E-state index in [-0.39, 0.29) is 11.4 Å². The lowest BCUT2D eigenvalue weighted by molar-refractivity contribution is 0.0944. The molecule has 0 fully saturated rings. The van der Waals surface area contributed by atoms with E-state index in [4.69, 9.17) is 10.9 Å². The van der Waals surface area contributed by atoms with Gasteiger partial charge in [-0.2, -0.15) is 0 Å². The fraction of sp³-hybridized carbons (Fsp3) is 0.333. The molecule has 6 heteroatoms. The van der Waals surface area contributed by atoms with Crippen molar-refractivity contribution in [3.05, 3.63) is 35.1 Å². The van der Waals surface area contributed by atoms with E-state index in [2.05, 4.69) is 10.5 Å². The molecule has 0 saturated heterocycles. The fourth-order valence-corrected chi connectivity index (χ4v) is 1.53. The van der Waals surface area contributed by atoms with Crippen LogP contribution in [0.2, 0.25) is 0 Å². The van der Waals surface area contributed by atoms with Gasteiger partial charge in [-0.3, -0.25) is 4.79 Å². The molecule has 1 aromatic rings. The van der Waals surface area contributed by atoms with Gasteiger partial charge in [-0.1, -0.05) is 18.1 Å². The Morgan fingerprint density at radius 1 is 1.61 bits per heavy atom. The lowest BCUT2D eigenvalue weighted by atomic mass is 10.1. The Labute approximate surface area is 104 Å². The average Bonchev–Trinajstić information content (AvgIpc) is 2.37. The summed E-state index contributed by atoms with van der Waals surface area (Å²) < 4.78 is 13.1. The predicted molar refractivity (Wildman–Crippen MR) is 66.1 cm³/mol. The molecule has 0 bridgehead atoms. The molecule has 0 aromatic heterocycles. The van der Waals surface area contributed by atoms with E-state index in [1.807, 2.05) is 0 Å². The predicted octanol–water partition coefficient (Wildman–Crippen LogP) is 1.39. The molecule has 1 aromatic carbocycles. The molecule has 98 valence electrons. The number of halogens is 1. The number of aryl methyl sites for hydroxylation is 1. The summed E-state index contributed by atoms with van der Waals surface area (Å²) in [7, 11) is 0. The molecule has 1 amide bonds. The zero-order valence-corrected chi connectivity index (χ0v) is 10.3. The SMILES string of the molecule is CCC(NC(=O)c1cc(F)ccc1C)C(N)=NO. The molecule has 4 N–H and O–H groups in total. The van der Waals surface area contributed by atoms with Crippen LogP contribution in [0.15, 0.2) is 23.4 Å². The molecule has 0 radical (unpaired) electrons. The zero-order chi connectivity index (χ0) is 13.7. The second kappa shape index (κ2) is 6.00. The molecular formula is C12H16FN3O2. The maximum Gasteiger partial charge on any atom is 0.252 e. The standard InChI is InChI=1S/C12H16FN3O2/c1-3-10(11(14)16-18)15-12(17)9-6-8(13)5-4-7(9)2/h4-6,10,18H,3H2,1-2H3,(H2,14,16)(H,15,17). The van der Waals surface area contributed by atoms with Crippen LogP contribution in [0.5, 0.6) is 0 Å². The second-order valence-corrected chi connectivity index (χ2v) is 3.92. The average molecular weight is 253 g/mol. The Morgan fingerprint density at radius 3 is 2.83 bits per heavy atom. The van der Waals surface area contributed by atoms with Crippen molar-refractivity contribution in [1.29, 1.82) is 0 Å². The van der Waals surface area contributed by atoms with Crippen LogP contribution in [0.4, 0.5) is 4.39 Å². The van der Waals surface area contributed by atoms with Crippen LogP contribution in [0.1, 0.15) is 29.3 Å². The molecule has 5 nitrogen and oxygen atoms in total. The van der Waals surface area contributed by atoms with Gasteiger partial charge in [0.05, 0.1) is 6.04 Å². The van der Waals surface area contributed by atoms with E-state index in [1.54, 1.807) is 13.8 Å². The number of carbonyl (C=O) groups is 1. The van der Waals surface area contributed by atoms with Crippen molar-refractivity contribution in [1.82, 2.24) is 5.32 Å². The summed E-state index contributed by atoms with van der Waals surface area (Å²) in [5.41, 5.74) is 6.32. The number of rotatable bonds is 4. The number of amides is 1. The smallest absolute Gasteiger partial charge is 0.252 e. The summed E-state index contributed by atoms with van der Waals surface area (Å²) in [6.45, 7) is 3.49. The zero-order valence-electron chi connectivity index (χ0n) is 10.3. The number of amidine groups is 1. The van der Waals surface area contributed by atoms with Gasteiger partial charge in [-0.25, -0.2) is 4.39 Å². The molecule has 0 heterocycles. The first-order valence-electron chi connectivity index (χ1n) is 5.54. The number of nitrogens with one attached hydrogen (secondary N) is 1. The van der Waals surface area contributed by atoms with Gasteiger partial charge in [-0.15, -0.1) is 0 Å². The van der Waals surface area contributed by atoms with Crippen LogP contribution >= 0.6 is 0 Å². The first-order chi connectivity index (χ1) is 8.49. The minimum atomic E-state index is -0.579. The van der Waals surface area contributed by atoms with Gasteiger partial charge in [0.25, 0.3) is 5.91 Å². The number of nitrogens with zero attached hydrogens (tertiary/aromatic N) is 1. The first-order valence-corrected chi connectivity index (χ1v) is 5.54. The molecular weight excluding hydrogens is 237 g/mol. The van der Waals surface area contributed by atoms with E-state index in [0.29, 0.717) is 12.0 Å². The third-order valence-electron chi connectivity index (χ3n) is 2.63. The van der Waals surface area contributed by atoms with Gasteiger partial charge in [0.15, 0.2) is 5.84 Å². The van der Waals surface area contributed by atoms with Crippen LogP contribution in [0, 0.1) is 12.7 Å². The van der Waals surface area contributed by atoms with Gasteiger partial charge in [-0.05, 0) is 31.0 Å². The summed E-state index contributed by atoms with van der Waals surface area (Å²) in [6, 6.07) is 3.39. The van der Waals surface area contributed by atoms with Crippen molar-refractivity contribution in [2.45, 2.75) is 26.3 Å². The quantitative estimate of drug-likeness (QED) is 0.328. The van der Waals surface area contributed by atoms with Crippen molar-refractivity contribution in [3.8, 4) is 0 Å². The van der Waals surface area contributed by atoms with Gasteiger partial charge in [0, 0.05) is 5.56 Å². The number of carbonyl (C=O) groups excluding carboxylic acids is 1. The Hall–Kier alpha value is -2.11. The Morgan fingerprint density at radius 2 is 2.28 bits per heavy atom. The maximum absolute atomic E-state index is 13.1.